The van der Waals surface area contributed by atoms with Gasteiger partial charge < -0.3 is 10.2 Å². The Morgan fingerprint density at radius 3 is 2.30 bits per heavy atom. The van der Waals surface area contributed by atoms with Crippen LogP contribution in [0.4, 0.5) is 5.69 Å². The third-order valence-electron chi connectivity index (χ3n) is 3.81. The SMILES string of the molecule is CCC(C)N(C(=S)Nc1cc(Cl)ccc1C)C(C)CC. The minimum atomic E-state index is 0.421. The number of anilines is 1. The minimum Gasteiger partial charge on any atom is -0.344 e. The fraction of sp³-hybridized carbons (Fsp3) is 0.562. The largest absolute Gasteiger partial charge is 0.344 e. The zero-order chi connectivity index (χ0) is 15.3. The second kappa shape index (κ2) is 7.84. The van der Waals surface area contributed by atoms with Gasteiger partial charge in [0.05, 0.1) is 0 Å². The molecule has 0 aliphatic rings. The van der Waals surface area contributed by atoms with Crippen LogP contribution in [0.5, 0.6) is 0 Å². The van der Waals surface area contributed by atoms with Crippen LogP contribution in [0.25, 0.3) is 0 Å². The highest BCUT2D eigenvalue weighted by molar-refractivity contribution is 7.80. The Balaban J connectivity index is 2.93. The van der Waals surface area contributed by atoms with Crippen LogP contribution in [0.3, 0.4) is 0 Å². The van der Waals surface area contributed by atoms with E-state index in [9.17, 15) is 0 Å². The monoisotopic (exact) mass is 312 g/mol. The molecule has 1 aromatic rings. The van der Waals surface area contributed by atoms with Crippen molar-refractivity contribution >= 4 is 34.6 Å². The predicted molar refractivity (Wildman–Crippen MR) is 93.8 cm³/mol. The summed E-state index contributed by atoms with van der Waals surface area (Å²) in [5.74, 6) is 0. The normalized spacial score (nSPS) is 13.7. The van der Waals surface area contributed by atoms with Gasteiger partial charge in [-0.1, -0.05) is 31.5 Å². The van der Waals surface area contributed by atoms with Gasteiger partial charge in [-0.3, -0.25) is 0 Å². The molecule has 2 unspecified atom stereocenters. The lowest BCUT2D eigenvalue weighted by Crippen LogP contribution is -2.46. The third kappa shape index (κ3) is 4.35. The summed E-state index contributed by atoms with van der Waals surface area (Å²) < 4.78 is 0. The zero-order valence-corrected chi connectivity index (χ0v) is 14.6. The smallest absolute Gasteiger partial charge is 0.173 e. The molecule has 0 fully saturated rings. The van der Waals surface area contributed by atoms with Gasteiger partial charge in [0.2, 0.25) is 0 Å². The van der Waals surface area contributed by atoms with Crippen LogP contribution in [0.15, 0.2) is 18.2 Å². The van der Waals surface area contributed by atoms with Crippen molar-refractivity contribution < 1.29 is 0 Å². The number of halogens is 1. The first-order valence-electron chi connectivity index (χ1n) is 7.26. The Hall–Kier alpha value is -0.800. The molecule has 2 atom stereocenters. The average Bonchev–Trinajstić information content (AvgIpc) is 2.42. The highest BCUT2D eigenvalue weighted by Gasteiger charge is 2.21. The molecule has 1 rings (SSSR count). The van der Waals surface area contributed by atoms with Crippen LogP contribution in [0.1, 0.15) is 46.1 Å². The highest BCUT2D eigenvalue weighted by atomic mass is 35.5. The summed E-state index contributed by atoms with van der Waals surface area (Å²) in [6.45, 7) is 10.9. The molecule has 0 aliphatic carbocycles. The molecule has 0 spiro atoms. The Bertz CT molecular complexity index is 452. The van der Waals surface area contributed by atoms with Gasteiger partial charge in [-0.15, -0.1) is 0 Å². The van der Waals surface area contributed by atoms with Crippen molar-refractivity contribution in [3.63, 3.8) is 0 Å². The number of thiocarbonyl (C=S) groups is 1. The minimum absolute atomic E-state index is 0.421. The van der Waals surface area contributed by atoms with Crippen LogP contribution in [0, 0.1) is 6.92 Å². The number of aryl methyl sites for hydroxylation is 1. The molecule has 0 radical (unpaired) electrons. The summed E-state index contributed by atoms with van der Waals surface area (Å²) in [5.41, 5.74) is 2.13. The van der Waals surface area contributed by atoms with Gasteiger partial charge in [0.25, 0.3) is 0 Å². The van der Waals surface area contributed by atoms with Gasteiger partial charge >= 0.3 is 0 Å². The first-order valence-corrected chi connectivity index (χ1v) is 8.04. The van der Waals surface area contributed by atoms with E-state index in [1.807, 2.05) is 18.2 Å². The van der Waals surface area contributed by atoms with Crippen LogP contribution in [0.2, 0.25) is 5.02 Å². The second-order valence-corrected chi connectivity index (χ2v) is 6.13. The van der Waals surface area contributed by atoms with E-state index in [1.165, 1.54) is 0 Å². The van der Waals surface area contributed by atoms with Gasteiger partial charge in [0, 0.05) is 22.8 Å². The molecule has 112 valence electrons. The average molecular weight is 313 g/mol. The van der Waals surface area contributed by atoms with Crippen molar-refractivity contribution in [2.45, 2.75) is 59.5 Å². The fourth-order valence-corrected chi connectivity index (χ4v) is 2.78. The van der Waals surface area contributed by atoms with Gasteiger partial charge in [0.15, 0.2) is 5.11 Å². The Kier molecular flexibility index (Phi) is 6.77. The summed E-state index contributed by atoms with van der Waals surface area (Å²) in [7, 11) is 0. The number of nitrogens with zero attached hydrogens (tertiary/aromatic N) is 1. The Morgan fingerprint density at radius 2 is 1.80 bits per heavy atom. The lowest BCUT2D eigenvalue weighted by atomic mass is 10.1. The fourth-order valence-electron chi connectivity index (χ4n) is 2.14. The molecule has 0 aliphatic heterocycles. The van der Waals surface area contributed by atoms with E-state index in [0.29, 0.717) is 12.1 Å². The third-order valence-corrected chi connectivity index (χ3v) is 4.36. The van der Waals surface area contributed by atoms with E-state index in [0.717, 1.165) is 34.2 Å². The van der Waals surface area contributed by atoms with Crippen LogP contribution in [-0.4, -0.2) is 22.1 Å². The maximum absolute atomic E-state index is 6.06. The molecule has 0 amide bonds. The summed E-state index contributed by atoms with van der Waals surface area (Å²) in [6.07, 6.45) is 2.14. The maximum atomic E-state index is 6.06. The quantitative estimate of drug-likeness (QED) is 0.748. The molecule has 1 aromatic carbocycles. The van der Waals surface area contributed by atoms with Crippen molar-refractivity contribution in [3.8, 4) is 0 Å². The van der Waals surface area contributed by atoms with E-state index in [2.05, 4.69) is 44.8 Å². The molecule has 20 heavy (non-hydrogen) atoms. The van der Waals surface area contributed by atoms with E-state index in [4.69, 9.17) is 23.8 Å². The van der Waals surface area contributed by atoms with Crippen LogP contribution >= 0.6 is 23.8 Å². The van der Waals surface area contributed by atoms with E-state index in [-0.39, 0.29) is 0 Å². The molecule has 4 heteroatoms. The van der Waals surface area contributed by atoms with Gasteiger partial charge in [-0.2, -0.15) is 0 Å². The standard InChI is InChI=1S/C16H25ClN2S/c1-6-12(4)19(13(5)7-2)16(20)18-15-10-14(17)9-8-11(15)3/h8-10,12-13H,6-7H2,1-5H3,(H,18,20). The summed E-state index contributed by atoms with van der Waals surface area (Å²) in [4.78, 5) is 2.29. The molecule has 0 heterocycles. The number of benzene rings is 1. The van der Waals surface area contributed by atoms with E-state index in [1.54, 1.807) is 0 Å². The van der Waals surface area contributed by atoms with Gasteiger partial charge in [0.1, 0.15) is 0 Å². The maximum Gasteiger partial charge on any atom is 0.173 e. The molecule has 0 saturated heterocycles. The van der Waals surface area contributed by atoms with Crippen LogP contribution < -0.4 is 5.32 Å². The zero-order valence-electron chi connectivity index (χ0n) is 13.0. The van der Waals surface area contributed by atoms with Crippen molar-refractivity contribution in [1.82, 2.24) is 4.90 Å². The first-order chi connectivity index (χ1) is 9.40. The summed E-state index contributed by atoms with van der Waals surface area (Å²) >= 11 is 11.7. The Morgan fingerprint density at radius 1 is 1.25 bits per heavy atom. The Labute approximate surface area is 133 Å². The number of hydrogen-bond donors (Lipinski definition) is 1. The topological polar surface area (TPSA) is 15.3 Å². The van der Waals surface area contributed by atoms with E-state index >= 15 is 0 Å². The predicted octanol–water partition coefficient (Wildman–Crippen LogP) is 5.24. The molecule has 0 bridgehead atoms. The molecule has 2 nitrogen and oxygen atoms in total. The summed E-state index contributed by atoms with van der Waals surface area (Å²) in [6, 6.07) is 6.67. The second-order valence-electron chi connectivity index (χ2n) is 5.31. The molecule has 0 aromatic heterocycles. The van der Waals surface area contributed by atoms with Crippen molar-refractivity contribution in [2.24, 2.45) is 0 Å². The molecular weight excluding hydrogens is 288 g/mol. The van der Waals surface area contributed by atoms with Crippen molar-refractivity contribution in [3.05, 3.63) is 28.8 Å². The number of nitrogens with one attached hydrogen (secondary N) is 1. The number of rotatable bonds is 5. The molecule has 1 N–H and O–H groups in total. The lowest BCUT2D eigenvalue weighted by molar-refractivity contribution is 0.254. The molecule has 0 saturated carbocycles. The number of hydrogen-bond acceptors (Lipinski definition) is 1. The lowest BCUT2D eigenvalue weighted by Gasteiger charge is -2.36. The van der Waals surface area contributed by atoms with E-state index < -0.39 is 0 Å². The summed E-state index contributed by atoms with van der Waals surface area (Å²) in [5, 5.41) is 4.85. The van der Waals surface area contributed by atoms with Crippen LogP contribution in [-0.2, 0) is 0 Å². The van der Waals surface area contributed by atoms with Crippen molar-refractivity contribution in [2.75, 3.05) is 5.32 Å². The van der Waals surface area contributed by atoms with Gasteiger partial charge in [-0.25, -0.2) is 0 Å². The van der Waals surface area contributed by atoms with Crippen molar-refractivity contribution in [1.29, 1.82) is 0 Å². The van der Waals surface area contributed by atoms with Gasteiger partial charge in [-0.05, 0) is 63.5 Å². The first kappa shape index (κ1) is 17.3. The highest BCUT2D eigenvalue weighted by Crippen LogP contribution is 2.22. The molecular formula is C16H25ClN2S.